The number of nitrogens with zero attached hydrogens (tertiary/aromatic N) is 1. The summed E-state index contributed by atoms with van der Waals surface area (Å²) in [6, 6.07) is -0.000983. The fourth-order valence-corrected chi connectivity index (χ4v) is 13.3. The van der Waals surface area contributed by atoms with E-state index >= 15 is 0 Å². The number of carbonyl (C=O) groups excluding carboxylic acids is 2. The van der Waals surface area contributed by atoms with Crippen molar-refractivity contribution < 1.29 is 24.2 Å². The SMILES string of the molecule is CC(C)CCC[C@@H](C)[C@H]1CCC2C3CC=C4C[C@@H](OC(=O)NCCCCCCCCCCCCCCCC(=O)N5C[C@H](O)C[C@H]5COC(C)(C)C)CC[C@]4(C)C3CC[C@@]21C. The number of ether oxygens (including phenoxy) is 2. The first-order valence-corrected chi connectivity index (χ1v) is 25.9. The lowest BCUT2D eigenvalue weighted by Crippen LogP contribution is -2.51. The third-order valence-electron chi connectivity index (χ3n) is 16.8. The number of hydrogen-bond acceptors (Lipinski definition) is 5. The second-order valence-corrected chi connectivity index (χ2v) is 22.8. The zero-order valence-electron chi connectivity index (χ0n) is 40.3. The van der Waals surface area contributed by atoms with Crippen LogP contribution in [0, 0.1) is 46.3 Å². The molecule has 3 unspecified atom stereocenters. The molecule has 0 aromatic carbocycles. The molecule has 3 saturated carbocycles. The molecular formula is C53H94N2O5. The minimum absolute atomic E-state index is 0.000983. The van der Waals surface area contributed by atoms with Crippen LogP contribution in [-0.4, -0.2) is 65.6 Å². The van der Waals surface area contributed by atoms with Crippen molar-refractivity contribution in [2.45, 2.75) is 246 Å². The summed E-state index contributed by atoms with van der Waals surface area (Å²) in [6.07, 6.45) is 33.2. The van der Waals surface area contributed by atoms with Gasteiger partial charge in [-0.3, -0.25) is 4.79 Å². The van der Waals surface area contributed by atoms with Gasteiger partial charge in [-0.05, 0) is 131 Å². The maximum Gasteiger partial charge on any atom is 0.407 e. The molecule has 2 N–H and O–H groups in total. The summed E-state index contributed by atoms with van der Waals surface area (Å²) in [5.41, 5.74) is 2.19. The number of rotatable bonds is 24. The fourth-order valence-electron chi connectivity index (χ4n) is 13.3. The predicted molar refractivity (Wildman–Crippen MR) is 248 cm³/mol. The van der Waals surface area contributed by atoms with Crippen LogP contribution in [0.5, 0.6) is 0 Å². The molecule has 0 aromatic heterocycles. The molecule has 60 heavy (non-hydrogen) atoms. The van der Waals surface area contributed by atoms with Crippen molar-refractivity contribution in [3.63, 3.8) is 0 Å². The van der Waals surface area contributed by atoms with Crippen LogP contribution in [0.3, 0.4) is 0 Å². The van der Waals surface area contributed by atoms with Crippen molar-refractivity contribution in [2.75, 3.05) is 19.7 Å². The smallest absolute Gasteiger partial charge is 0.407 e. The van der Waals surface area contributed by atoms with Crippen molar-refractivity contribution in [2.24, 2.45) is 46.3 Å². The van der Waals surface area contributed by atoms with Crippen LogP contribution in [-0.2, 0) is 14.3 Å². The lowest BCUT2D eigenvalue weighted by molar-refractivity contribution is -0.134. The number of carbonyl (C=O) groups is 2. The molecule has 2 amide bonds. The Morgan fingerprint density at radius 1 is 0.833 bits per heavy atom. The number of aliphatic hydroxyl groups is 1. The normalized spacial score (nSPS) is 32.0. The Morgan fingerprint density at radius 3 is 2.13 bits per heavy atom. The lowest BCUT2D eigenvalue weighted by atomic mass is 9.47. The van der Waals surface area contributed by atoms with Crippen molar-refractivity contribution in [1.82, 2.24) is 10.2 Å². The van der Waals surface area contributed by atoms with Gasteiger partial charge in [0.15, 0.2) is 0 Å². The quantitative estimate of drug-likeness (QED) is 0.0747. The van der Waals surface area contributed by atoms with Gasteiger partial charge in [-0.2, -0.15) is 0 Å². The van der Waals surface area contributed by atoms with E-state index in [1.54, 1.807) is 5.57 Å². The van der Waals surface area contributed by atoms with Crippen LogP contribution >= 0.6 is 0 Å². The second-order valence-electron chi connectivity index (χ2n) is 22.8. The zero-order valence-corrected chi connectivity index (χ0v) is 40.3. The highest BCUT2D eigenvalue weighted by molar-refractivity contribution is 5.77. The number of β-amino-alcohol motifs (C(OH)–C–C–N with tert-alkyl or cyclic N) is 1. The molecule has 0 radical (unpaired) electrons. The molecule has 1 aliphatic heterocycles. The number of alkyl carbamates (subject to hydrolysis) is 1. The number of aliphatic hydroxyl groups excluding tert-OH is 1. The number of nitrogens with one attached hydrogen (secondary N) is 1. The van der Waals surface area contributed by atoms with Gasteiger partial charge < -0.3 is 24.8 Å². The Bertz CT molecular complexity index is 1340. The summed E-state index contributed by atoms with van der Waals surface area (Å²) in [6.45, 7) is 20.3. The zero-order chi connectivity index (χ0) is 43.3. The van der Waals surface area contributed by atoms with Crippen LogP contribution in [0.25, 0.3) is 0 Å². The standard InChI is InChI=1S/C53H94N2O5/c1-39(2)23-22-24-40(3)46-28-29-47-45-27-26-41-35-44(30-32-52(41,7)48(45)31-33-53(46,47)8)60-50(58)54-34-21-19-17-15-13-11-9-10-12-14-16-18-20-25-49(57)55-37-43(56)36-42(55)38-59-51(4,5)6/h26,39-40,42-48,56H,9-25,27-38H2,1-8H3,(H,54,58)/t40-,42+,43-,44+,45?,46-,47?,48?,52+,53-/m1/s1. The molecule has 0 aromatic rings. The first-order chi connectivity index (χ1) is 28.6. The average molecular weight is 839 g/mol. The topological polar surface area (TPSA) is 88.1 Å². The Kier molecular flexibility index (Phi) is 19.2. The molecule has 0 bridgehead atoms. The highest BCUT2D eigenvalue weighted by Gasteiger charge is 2.59. The number of allylic oxidation sites excluding steroid dienone is 1. The van der Waals surface area contributed by atoms with E-state index in [1.807, 2.05) is 25.7 Å². The highest BCUT2D eigenvalue weighted by Crippen LogP contribution is 2.67. The molecular weight excluding hydrogens is 745 g/mol. The minimum atomic E-state index is -0.429. The molecule has 7 nitrogen and oxygen atoms in total. The van der Waals surface area contributed by atoms with Crippen LogP contribution in [0.1, 0.15) is 222 Å². The largest absolute Gasteiger partial charge is 0.446 e. The van der Waals surface area contributed by atoms with Gasteiger partial charge in [0.05, 0.1) is 24.4 Å². The van der Waals surface area contributed by atoms with Crippen LogP contribution < -0.4 is 5.32 Å². The van der Waals surface area contributed by atoms with Crippen molar-refractivity contribution in [3.05, 3.63) is 11.6 Å². The lowest BCUT2D eigenvalue weighted by Gasteiger charge is -2.58. The van der Waals surface area contributed by atoms with Crippen LogP contribution in [0.15, 0.2) is 11.6 Å². The fraction of sp³-hybridized carbons (Fsp3) is 0.925. The summed E-state index contributed by atoms with van der Waals surface area (Å²) in [7, 11) is 0. The predicted octanol–water partition coefficient (Wildman–Crippen LogP) is 13.4. The first kappa shape index (κ1) is 49.4. The third kappa shape index (κ3) is 13.9. The van der Waals surface area contributed by atoms with Crippen LogP contribution in [0.2, 0.25) is 0 Å². The maximum absolute atomic E-state index is 12.8. The molecule has 7 heteroatoms. The van der Waals surface area contributed by atoms with Crippen molar-refractivity contribution >= 4 is 12.0 Å². The Morgan fingerprint density at radius 2 is 1.48 bits per heavy atom. The third-order valence-corrected chi connectivity index (χ3v) is 16.8. The van der Waals surface area contributed by atoms with E-state index in [9.17, 15) is 14.7 Å². The molecule has 5 aliphatic rings. The molecule has 10 atom stereocenters. The monoisotopic (exact) mass is 839 g/mol. The second kappa shape index (κ2) is 23.4. The molecule has 4 aliphatic carbocycles. The van der Waals surface area contributed by atoms with E-state index in [1.165, 1.54) is 122 Å². The van der Waals surface area contributed by atoms with Gasteiger partial charge >= 0.3 is 6.09 Å². The van der Waals surface area contributed by atoms with E-state index in [0.29, 0.717) is 36.8 Å². The van der Waals surface area contributed by atoms with Gasteiger partial charge in [0, 0.05) is 25.9 Å². The van der Waals surface area contributed by atoms with E-state index in [0.717, 1.165) is 74.2 Å². The highest BCUT2D eigenvalue weighted by atomic mass is 16.6. The summed E-state index contributed by atoms with van der Waals surface area (Å²) in [5, 5.41) is 13.2. The Labute approximate surface area is 369 Å². The van der Waals surface area contributed by atoms with E-state index in [4.69, 9.17) is 9.47 Å². The molecule has 4 fully saturated rings. The summed E-state index contributed by atoms with van der Waals surface area (Å²) in [5.74, 6) is 5.29. The Hall–Kier alpha value is -1.60. The van der Waals surface area contributed by atoms with Crippen molar-refractivity contribution in [3.8, 4) is 0 Å². The molecule has 346 valence electrons. The maximum atomic E-state index is 12.8. The number of hydrogen-bond donors (Lipinski definition) is 2. The van der Waals surface area contributed by atoms with E-state index < -0.39 is 6.10 Å². The summed E-state index contributed by atoms with van der Waals surface area (Å²) in [4.78, 5) is 27.5. The van der Waals surface area contributed by atoms with Gasteiger partial charge in [-0.1, -0.05) is 136 Å². The Balaban J connectivity index is 0.850. The van der Waals surface area contributed by atoms with Crippen LogP contribution in [0.4, 0.5) is 4.79 Å². The number of fused-ring (bicyclic) bond motifs is 5. The number of likely N-dealkylation sites (tertiary alicyclic amines) is 1. The van der Waals surface area contributed by atoms with Crippen molar-refractivity contribution in [1.29, 1.82) is 0 Å². The van der Waals surface area contributed by atoms with Gasteiger partial charge in [-0.15, -0.1) is 0 Å². The summed E-state index contributed by atoms with van der Waals surface area (Å²) < 4.78 is 12.0. The van der Waals surface area contributed by atoms with E-state index in [-0.39, 0.29) is 29.7 Å². The number of amides is 2. The van der Waals surface area contributed by atoms with Gasteiger partial charge in [0.1, 0.15) is 6.10 Å². The number of unbranched alkanes of at least 4 members (excludes halogenated alkanes) is 12. The van der Waals surface area contributed by atoms with Gasteiger partial charge in [0.25, 0.3) is 0 Å². The minimum Gasteiger partial charge on any atom is -0.446 e. The van der Waals surface area contributed by atoms with Gasteiger partial charge in [0.2, 0.25) is 5.91 Å². The first-order valence-electron chi connectivity index (χ1n) is 25.9. The molecule has 1 saturated heterocycles. The summed E-state index contributed by atoms with van der Waals surface area (Å²) >= 11 is 0. The molecule has 5 rings (SSSR count). The molecule has 1 heterocycles. The molecule has 0 spiro atoms. The van der Waals surface area contributed by atoms with E-state index in [2.05, 4.69) is 46.0 Å². The van der Waals surface area contributed by atoms with Gasteiger partial charge in [-0.25, -0.2) is 4.79 Å². The average Bonchev–Trinajstić information content (AvgIpc) is 3.75.